The van der Waals surface area contributed by atoms with Crippen LogP contribution in [-0.2, 0) is 23.9 Å². The van der Waals surface area contributed by atoms with Crippen LogP contribution in [0.25, 0.3) is 0 Å². The lowest BCUT2D eigenvalue weighted by Gasteiger charge is -2.21. The van der Waals surface area contributed by atoms with Crippen molar-refractivity contribution in [2.24, 2.45) is 0 Å². The van der Waals surface area contributed by atoms with Crippen molar-refractivity contribution in [3.63, 3.8) is 0 Å². The van der Waals surface area contributed by atoms with Gasteiger partial charge >= 0.3 is 6.09 Å². The number of anilines is 2. The van der Waals surface area contributed by atoms with E-state index in [1.165, 1.54) is 12.4 Å². The van der Waals surface area contributed by atoms with Crippen LogP contribution in [0.2, 0.25) is 0 Å². The summed E-state index contributed by atoms with van der Waals surface area (Å²) in [5, 5.41) is 38.2. The Bertz CT molecular complexity index is 1370. The predicted octanol–water partition coefficient (Wildman–Crippen LogP) is 0.254. The number of carbonyl (C=O) groups excluding carboxylic acids is 5. The summed E-state index contributed by atoms with van der Waals surface area (Å²) in [6.45, 7) is 5.13. The molecule has 4 heterocycles. The van der Waals surface area contributed by atoms with Gasteiger partial charge in [0.05, 0.1) is 12.4 Å². The van der Waals surface area contributed by atoms with Gasteiger partial charge in [0.15, 0.2) is 5.82 Å². The van der Waals surface area contributed by atoms with E-state index in [0.717, 1.165) is 4.68 Å². The monoisotopic (exact) mass is 538 g/mol. The largest absolute Gasteiger partial charge is 0.442 e. The smallest absolute Gasteiger partial charge is 0.435 e. The van der Waals surface area contributed by atoms with E-state index in [2.05, 4.69) is 36.6 Å². The van der Waals surface area contributed by atoms with Crippen LogP contribution in [0.3, 0.4) is 0 Å². The zero-order valence-corrected chi connectivity index (χ0v) is 21.3. The van der Waals surface area contributed by atoms with Gasteiger partial charge < -0.3 is 15.4 Å². The summed E-state index contributed by atoms with van der Waals surface area (Å²) in [5.74, 6) is -0.988. The third-order valence-corrected chi connectivity index (χ3v) is 5.28. The van der Waals surface area contributed by atoms with Crippen LogP contribution in [0.5, 0.6) is 0 Å². The van der Waals surface area contributed by atoms with Crippen LogP contribution >= 0.6 is 0 Å². The molecule has 2 aliphatic rings. The molecule has 4 rings (SSSR count). The van der Waals surface area contributed by atoms with Crippen LogP contribution in [-0.4, -0.2) is 67.4 Å². The van der Waals surface area contributed by atoms with Crippen LogP contribution < -0.4 is 21.3 Å². The van der Waals surface area contributed by atoms with Gasteiger partial charge in [0.2, 0.25) is 23.6 Å². The van der Waals surface area contributed by atoms with Crippen LogP contribution in [0, 0.1) is 22.7 Å². The van der Waals surface area contributed by atoms with Crippen molar-refractivity contribution in [3.05, 3.63) is 23.5 Å². The first-order valence-electron chi connectivity index (χ1n) is 11.8. The Labute approximate surface area is 222 Å². The molecule has 2 aromatic heterocycles. The van der Waals surface area contributed by atoms with E-state index in [-0.39, 0.29) is 41.9 Å². The van der Waals surface area contributed by atoms with E-state index in [1.54, 1.807) is 20.8 Å². The lowest BCUT2D eigenvalue weighted by molar-refractivity contribution is -0.135. The fourth-order valence-electron chi connectivity index (χ4n) is 3.45. The first-order chi connectivity index (χ1) is 18.4. The molecule has 0 radical (unpaired) electrons. The summed E-state index contributed by atoms with van der Waals surface area (Å²) < 4.78 is 6.06. The van der Waals surface area contributed by atoms with E-state index in [9.17, 15) is 24.0 Å². The fraction of sp³-hybridized carbons (Fsp3) is 0.435. The van der Waals surface area contributed by atoms with Gasteiger partial charge in [-0.3, -0.25) is 34.9 Å². The molecule has 16 nitrogen and oxygen atoms in total. The Morgan fingerprint density at radius 2 is 1.56 bits per heavy atom. The van der Waals surface area contributed by atoms with E-state index in [0.29, 0.717) is 24.2 Å². The minimum absolute atomic E-state index is 0.0906. The van der Waals surface area contributed by atoms with Gasteiger partial charge in [0.1, 0.15) is 46.8 Å². The molecule has 0 aromatic carbocycles. The zero-order chi connectivity index (χ0) is 28.7. The van der Waals surface area contributed by atoms with Crippen molar-refractivity contribution >= 4 is 41.4 Å². The number of imide groups is 2. The minimum atomic E-state index is -0.731. The van der Waals surface area contributed by atoms with Gasteiger partial charge in [-0.2, -0.15) is 20.3 Å². The molecule has 204 valence electrons. The van der Waals surface area contributed by atoms with E-state index in [4.69, 9.17) is 15.3 Å². The molecule has 5 N–H and O–H groups in total. The summed E-state index contributed by atoms with van der Waals surface area (Å²) in [4.78, 5) is 57.2. The Morgan fingerprint density at radius 1 is 1.00 bits per heavy atom. The zero-order valence-electron chi connectivity index (χ0n) is 21.3. The Hall–Kier alpha value is -5.25. The highest BCUT2D eigenvalue weighted by Crippen LogP contribution is 2.18. The highest BCUT2D eigenvalue weighted by molar-refractivity contribution is 6.02. The summed E-state index contributed by atoms with van der Waals surface area (Å²) in [6, 6.07) is 2.63. The molecule has 2 unspecified atom stereocenters. The topological polar surface area (TPSA) is 237 Å². The molecule has 2 fully saturated rings. The van der Waals surface area contributed by atoms with Crippen LogP contribution in [0.15, 0.2) is 12.4 Å². The van der Waals surface area contributed by atoms with E-state index < -0.39 is 29.7 Å². The van der Waals surface area contributed by atoms with Gasteiger partial charge in [-0.05, 0) is 33.6 Å². The fourth-order valence-corrected chi connectivity index (χ4v) is 3.45. The number of amides is 4. The number of ether oxygens (including phenoxy) is 1. The van der Waals surface area contributed by atoms with Crippen molar-refractivity contribution in [2.45, 2.75) is 64.1 Å². The quantitative estimate of drug-likeness (QED) is 0.329. The number of nitrogens with zero attached hydrogens (tertiary/aromatic N) is 5. The van der Waals surface area contributed by atoms with Gasteiger partial charge in [-0.15, -0.1) is 5.10 Å². The minimum Gasteiger partial charge on any atom is -0.442 e. The number of nitriles is 2. The highest BCUT2D eigenvalue weighted by atomic mass is 16.6. The molecular weight excluding hydrogens is 512 g/mol. The number of nitrogens with one attached hydrogen (secondary N) is 5. The molecule has 0 aliphatic carbocycles. The normalized spacial score (nSPS) is 18.9. The highest BCUT2D eigenvalue weighted by Gasteiger charge is 2.29. The number of piperidine rings is 2. The predicted molar refractivity (Wildman–Crippen MR) is 131 cm³/mol. The third kappa shape index (κ3) is 7.62. The van der Waals surface area contributed by atoms with Crippen molar-refractivity contribution < 1.29 is 28.7 Å². The molecule has 0 saturated carbocycles. The first kappa shape index (κ1) is 28.3. The molecule has 2 aromatic rings. The number of aromatic amines is 1. The van der Waals surface area contributed by atoms with Gasteiger partial charge in [-0.25, -0.2) is 4.79 Å². The molecule has 0 spiro atoms. The maximum absolute atomic E-state index is 12.0. The number of hydrogen-bond donors (Lipinski definition) is 5. The standard InChI is InChI=1S/C14H17N5O4.C9H9N5O2/c1-14(2,3)23-13(22)19-7-8(6-15)11(18-19)16-9-4-5-10(20)17-12(9)21;10-3-5-4-11-14-8(5)12-6-1-2-7(15)13-9(6)16/h7,9H,4-5H2,1-3H3,(H,16,18)(H,17,20,21);4,6H,1-2H2,(H2,11,12,14)(H,13,15,16). The SMILES string of the molecule is CC(C)(C)OC(=O)n1cc(C#N)c(NC2CCC(=O)NC2=O)n1.N#Cc1cn[nH]c1NC1CCC(=O)NC1=O. The second kappa shape index (κ2) is 11.9. The Kier molecular flexibility index (Phi) is 8.62. The molecular formula is C23H26N10O6. The maximum Gasteiger partial charge on any atom is 0.435 e. The summed E-state index contributed by atoms with van der Waals surface area (Å²) in [5.41, 5.74) is -0.266. The molecule has 2 aliphatic heterocycles. The van der Waals surface area contributed by atoms with E-state index >= 15 is 0 Å². The number of hydrogen-bond acceptors (Lipinski definition) is 12. The third-order valence-electron chi connectivity index (χ3n) is 5.28. The summed E-state index contributed by atoms with van der Waals surface area (Å²) in [7, 11) is 0. The number of rotatable bonds is 4. The summed E-state index contributed by atoms with van der Waals surface area (Å²) in [6.07, 6.45) is 3.04. The molecule has 16 heteroatoms. The summed E-state index contributed by atoms with van der Waals surface area (Å²) >= 11 is 0. The lowest BCUT2D eigenvalue weighted by Crippen LogP contribution is -2.47. The Balaban J connectivity index is 0.000000230. The maximum atomic E-state index is 12.0. The first-order valence-corrected chi connectivity index (χ1v) is 11.8. The molecule has 2 atom stereocenters. The Morgan fingerprint density at radius 3 is 2.08 bits per heavy atom. The van der Waals surface area contributed by atoms with Gasteiger partial charge in [0, 0.05) is 12.8 Å². The second-order valence-electron chi connectivity index (χ2n) is 9.49. The van der Waals surface area contributed by atoms with Crippen molar-refractivity contribution in [1.29, 1.82) is 10.5 Å². The van der Waals surface area contributed by atoms with Crippen molar-refractivity contribution in [3.8, 4) is 12.1 Å². The average molecular weight is 539 g/mol. The van der Waals surface area contributed by atoms with Crippen LogP contribution in [0.1, 0.15) is 57.6 Å². The van der Waals surface area contributed by atoms with Gasteiger partial charge in [0.25, 0.3) is 0 Å². The number of aromatic nitrogens is 4. The lowest BCUT2D eigenvalue weighted by atomic mass is 10.1. The second-order valence-corrected chi connectivity index (χ2v) is 9.49. The van der Waals surface area contributed by atoms with Crippen LogP contribution in [0.4, 0.5) is 16.4 Å². The average Bonchev–Trinajstić information content (AvgIpc) is 3.48. The molecule has 0 bridgehead atoms. The van der Waals surface area contributed by atoms with E-state index in [1.807, 2.05) is 12.1 Å². The number of carbonyl (C=O) groups is 5. The molecule has 39 heavy (non-hydrogen) atoms. The molecule has 4 amide bonds. The van der Waals surface area contributed by atoms with Crippen molar-refractivity contribution in [2.75, 3.05) is 10.6 Å². The molecule has 2 saturated heterocycles. The van der Waals surface area contributed by atoms with Gasteiger partial charge in [-0.1, -0.05) is 0 Å². The number of H-pyrrole nitrogens is 1. The van der Waals surface area contributed by atoms with Crippen molar-refractivity contribution in [1.82, 2.24) is 30.6 Å².